The molecule has 0 saturated heterocycles. The molecule has 146 valence electrons. The first-order valence-electron chi connectivity index (χ1n) is 8.06. The summed E-state index contributed by atoms with van der Waals surface area (Å²) in [5.74, 6) is 1.96. The number of benzene rings is 1. The number of likely N-dealkylation sites (N-methyl/N-ethyl adjacent to an activating group) is 1. The number of carbonyl (C=O) groups excluding carboxylic acids is 1. The molecule has 1 amide bonds. The van der Waals surface area contributed by atoms with Crippen LogP contribution in [0.2, 0.25) is 0 Å². The standard InChI is InChI=1S/C17H26Cl2N4O3/c1-22(2)12-17(24)21-20-11-13-9-16(26-4)14(10-15(13)25-3)23(7-5-18)8-6-19/h9-11H,5-8,12H2,1-4H3,(H,21,24)/b20-11+. The molecule has 0 unspecified atom stereocenters. The van der Waals surface area contributed by atoms with Gasteiger partial charge in [0.25, 0.3) is 5.91 Å². The van der Waals surface area contributed by atoms with Gasteiger partial charge in [-0.2, -0.15) is 5.10 Å². The van der Waals surface area contributed by atoms with Gasteiger partial charge in [0, 0.05) is 36.5 Å². The number of nitrogens with zero attached hydrogens (tertiary/aromatic N) is 3. The highest BCUT2D eigenvalue weighted by molar-refractivity contribution is 6.18. The van der Waals surface area contributed by atoms with Crippen molar-refractivity contribution >= 4 is 41.0 Å². The van der Waals surface area contributed by atoms with E-state index in [2.05, 4.69) is 10.5 Å². The summed E-state index contributed by atoms with van der Waals surface area (Å²) in [5, 5.41) is 3.98. The maximum atomic E-state index is 11.7. The van der Waals surface area contributed by atoms with Gasteiger partial charge in [-0.3, -0.25) is 4.79 Å². The zero-order valence-electron chi connectivity index (χ0n) is 15.6. The van der Waals surface area contributed by atoms with Gasteiger partial charge in [-0.1, -0.05) is 0 Å². The van der Waals surface area contributed by atoms with Crippen LogP contribution in [0.15, 0.2) is 17.2 Å². The lowest BCUT2D eigenvalue weighted by molar-refractivity contribution is -0.121. The second-order valence-electron chi connectivity index (χ2n) is 5.66. The molecule has 1 aromatic carbocycles. The van der Waals surface area contributed by atoms with E-state index in [1.807, 2.05) is 25.1 Å². The number of hydrogen-bond acceptors (Lipinski definition) is 6. The van der Waals surface area contributed by atoms with Crippen LogP contribution in [0.5, 0.6) is 11.5 Å². The maximum Gasteiger partial charge on any atom is 0.254 e. The number of ether oxygens (including phenoxy) is 2. The van der Waals surface area contributed by atoms with Gasteiger partial charge in [-0.05, 0) is 20.2 Å². The topological polar surface area (TPSA) is 66.4 Å². The van der Waals surface area contributed by atoms with Crippen LogP contribution >= 0.6 is 23.2 Å². The van der Waals surface area contributed by atoms with Crippen LogP contribution in [0.1, 0.15) is 5.56 Å². The molecule has 7 nitrogen and oxygen atoms in total. The van der Waals surface area contributed by atoms with Crippen LogP contribution in [0.4, 0.5) is 5.69 Å². The van der Waals surface area contributed by atoms with Crippen molar-refractivity contribution in [3.63, 3.8) is 0 Å². The quantitative estimate of drug-likeness (QED) is 0.347. The van der Waals surface area contributed by atoms with Gasteiger partial charge in [0.05, 0.1) is 32.7 Å². The van der Waals surface area contributed by atoms with E-state index < -0.39 is 0 Å². The van der Waals surface area contributed by atoms with Crippen molar-refractivity contribution in [1.29, 1.82) is 0 Å². The highest BCUT2D eigenvalue weighted by Crippen LogP contribution is 2.35. The molecule has 0 fully saturated rings. The second kappa shape index (κ2) is 11.8. The molecule has 9 heteroatoms. The molecular formula is C17H26Cl2N4O3. The fourth-order valence-corrected chi connectivity index (χ4v) is 2.71. The third-order valence-electron chi connectivity index (χ3n) is 3.43. The third kappa shape index (κ3) is 6.90. The van der Waals surface area contributed by atoms with Crippen molar-refractivity contribution in [2.75, 3.05) is 64.6 Å². The van der Waals surface area contributed by atoms with Gasteiger partial charge in [0.1, 0.15) is 11.5 Å². The number of amides is 1. The van der Waals surface area contributed by atoms with Crippen LogP contribution < -0.4 is 19.8 Å². The molecule has 0 bridgehead atoms. The summed E-state index contributed by atoms with van der Waals surface area (Å²) in [6.45, 7) is 1.51. The summed E-state index contributed by atoms with van der Waals surface area (Å²) >= 11 is 11.8. The minimum Gasteiger partial charge on any atom is -0.496 e. The first-order valence-corrected chi connectivity index (χ1v) is 9.13. The number of carbonyl (C=O) groups is 1. The van der Waals surface area contributed by atoms with Crippen LogP contribution in [0, 0.1) is 0 Å². The Bertz CT molecular complexity index is 606. The Morgan fingerprint density at radius 1 is 1.15 bits per heavy atom. The van der Waals surface area contributed by atoms with Crippen molar-refractivity contribution in [2.24, 2.45) is 5.10 Å². The van der Waals surface area contributed by atoms with Crippen molar-refractivity contribution in [2.45, 2.75) is 0 Å². The smallest absolute Gasteiger partial charge is 0.254 e. The predicted octanol–water partition coefficient (Wildman–Crippen LogP) is 2.00. The van der Waals surface area contributed by atoms with Crippen LogP contribution in [-0.2, 0) is 4.79 Å². The number of rotatable bonds is 11. The lowest BCUT2D eigenvalue weighted by Gasteiger charge is -2.26. The molecule has 0 aliphatic carbocycles. The molecule has 26 heavy (non-hydrogen) atoms. The van der Waals surface area contributed by atoms with E-state index in [1.54, 1.807) is 25.2 Å². The second-order valence-corrected chi connectivity index (χ2v) is 6.42. The number of hydrogen-bond donors (Lipinski definition) is 1. The Labute approximate surface area is 164 Å². The van der Waals surface area contributed by atoms with E-state index in [4.69, 9.17) is 32.7 Å². The average molecular weight is 405 g/mol. The average Bonchev–Trinajstić information content (AvgIpc) is 2.60. The predicted molar refractivity (Wildman–Crippen MR) is 107 cm³/mol. The van der Waals surface area contributed by atoms with Gasteiger partial charge in [0.2, 0.25) is 0 Å². The molecule has 0 aliphatic heterocycles. The fraction of sp³-hybridized carbons (Fsp3) is 0.529. The molecule has 0 radical (unpaired) electrons. The SMILES string of the molecule is COc1cc(N(CCCl)CCCl)c(OC)cc1/C=N/NC(=O)CN(C)C. The van der Waals surface area contributed by atoms with Crippen LogP contribution in [0.3, 0.4) is 0 Å². The molecule has 1 N–H and O–H groups in total. The number of halogens is 2. The Morgan fingerprint density at radius 3 is 2.27 bits per heavy atom. The first-order chi connectivity index (χ1) is 12.5. The highest BCUT2D eigenvalue weighted by Gasteiger charge is 2.16. The molecule has 0 heterocycles. The Hall–Kier alpha value is -1.70. The van der Waals surface area contributed by atoms with Crippen molar-refractivity contribution < 1.29 is 14.3 Å². The number of hydrazone groups is 1. The summed E-state index contributed by atoms with van der Waals surface area (Å²) in [6.07, 6.45) is 1.52. The summed E-state index contributed by atoms with van der Waals surface area (Å²) in [6, 6.07) is 3.64. The lowest BCUT2D eigenvalue weighted by atomic mass is 10.1. The number of anilines is 1. The molecule has 0 aromatic heterocycles. The molecular weight excluding hydrogens is 379 g/mol. The number of nitrogens with one attached hydrogen (secondary N) is 1. The molecule has 1 rings (SSSR count). The lowest BCUT2D eigenvalue weighted by Crippen LogP contribution is -2.30. The van der Waals surface area contributed by atoms with E-state index in [1.165, 1.54) is 6.21 Å². The van der Waals surface area contributed by atoms with Crippen molar-refractivity contribution in [3.8, 4) is 11.5 Å². The minimum absolute atomic E-state index is 0.204. The number of methoxy groups -OCH3 is 2. The van der Waals surface area contributed by atoms with Crippen LogP contribution in [0.25, 0.3) is 0 Å². The van der Waals surface area contributed by atoms with Crippen molar-refractivity contribution in [3.05, 3.63) is 17.7 Å². The van der Waals surface area contributed by atoms with E-state index in [0.717, 1.165) is 5.69 Å². The highest BCUT2D eigenvalue weighted by atomic mass is 35.5. The normalized spacial score (nSPS) is 11.0. The zero-order valence-corrected chi connectivity index (χ0v) is 17.1. The van der Waals surface area contributed by atoms with Gasteiger partial charge in [-0.25, -0.2) is 5.43 Å². The molecule has 1 aromatic rings. The zero-order chi connectivity index (χ0) is 19.5. The van der Waals surface area contributed by atoms with Crippen molar-refractivity contribution in [1.82, 2.24) is 10.3 Å². The summed E-state index contributed by atoms with van der Waals surface area (Å²) < 4.78 is 11.0. The van der Waals surface area contributed by atoms with E-state index in [-0.39, 0.29) is 12.5 Å². The minimum atomic E-state index is -0.204. The Balaban J connectivity index is 3.09. The van der Waals surface area contributed by atoms with Crippen LogP contribution in [-0.4, -0.2) is 76.7 Å². The van der Waals surface area contributed by atoms with E-state index in [0.29, 0.717) is 41.9 Å². The molecule has 0 aliphatic rings. The number of alkyl halides is 2. The van der Waals surface area contributed by atoms with E-state index >= 15 is 0 Å². The Kier molecular flexibility index (Phi) is 10.2. The van der Waals surface area contributed by atoms with Gasteiger partial charge >= 0.3 is 0 Å². The molecule has 0 saturated carbocycles. The summed E-state index contributed by atoms with van der Waals surface area (Å²) in [5.41, 5.74) is 3.99. The Morgan fingerprint density at radius 2 is 1.77 bits per heavy atom. The fourth-order valence-electron chi connectivity index (χ4n) is 2.31. The monoisotopic (exact) mass is 404 g/mol. The largest absolute Gasteiger partial charge is 0.496 e. The summed E-state index contributed by atoms with van der Waals surface area (Å²) in [7, 11) is 6.78. The van der Waals surface area contributed by atoms with Gasteiger partial charge < -0.3 is 19.3 Å². The third-order valence-corrected chi connectivity index (χ3v) is 3.77. The maximum absolute atomic E-state index is 11.7. The van der Waals surface area contributed by atoms with Gasteiger partial charge in [-0.15, -0.1) is 23.2 Å². The van der Waals surface area contributed by atoms with Gasteiger partial charge in [0.15, 0.2) is 0 Å². The molecule has 0 atom stereocenters. The first kappa shape index (κ1) is 22.3. The summed E-state index contributed by atoms with van der Waals surface area (Å²) in [4.78, 5) is 15.4. The van der Waals surface area contributed by atoms with E-state index in [9.17, 15) is 4.79 Å². The molecule has 0 spiro atoms.